The fourth-order valence-electron chi connectivity index (χ4n) is 2.50. The molecule has 144 valence electrons. The number of rotatable bonds is 11. The molecule has 0 aromatic carbocycles. The van der Waals surface area contributed by atoms with E-state index in [1.165, 1.54) is 4.31 Å². The molecule has 7 nitrogen and oxygen atoms in total. The summed E-state index contributed by atoms with van der Waals surface area (Å²) in [6.45, 7) is 13.4. The fourth-order valence-corrected chi connectivity index (χ4v) is 3.35. The van der Waals surface area contributed by atoms with Crippen molar-refractivity contribution in [3.63, 3.8) is 0 Å². The molecule has 0 bridgehead atoms. The summed E-state index contributed by atoms with van der Waals surface area (Å²) < 4.78 is 24.7. The van der Waals surface area contributed by atoms with Gasteiger partial charge in [-0.2, -0.15) is 0 Å². The van der Waals surface area contributed by atoms with Crippen LogP contribution in [0.1, 0.15) is 41.0 Å². The number of nitrogens with zero attached hydrogens (tertiary/aromatic N) is 3. The predicted octanol–water partition coefficient (Wildman–Crippen LogP) is 0.942. The molecule has 0 saturated heterocycles. The summed E-state index contributed by atoms with van der Waals surface area (Å²) in [6, 6.07) is 1.02. The summed E-state index contributed by atoms with van der Waals surface area (Å²) in [6.07, 6.45) is 0.737. The Hall–Kier alpha value is -0.860. The zero-order valence-electron chi connectivity index (χ0n) is 16.5. The summed E-state index contributed by atoms with van der Waals surface area (Å²) in [7, 11) is 0.275. The van der Waals surface area contributed by atoms with Gasteiger partial charge >= 0.3 is 0 Å². The van der Waals surface area contributed by atoms with Gasteiger partial charge in [-0.15, -0.1) is 0 Å². The van der Waals surface area contributed by atoms with Crippen molar-refractivity contribution in [2.75, 3.05) is 46.0 Å². The molecule has 2 N–H and O–H groups in total. The average Bonchev–Trinajstić information content (AvgIpc) is 2.52. The first-order valence-corrected chi connectivity index (χ1v) is 10.4. The summed E-state index contributed by atoms with van der Waals surface area (Å²) in [4.78, 5) is 6.62. The molecule has 0 aromatic rings. The van der Waals surface area contributed by atoms with E-state index in [0.717, 1.165) is 25.5 Å². The van der Waals surface area contributed by atoms with E-state index in [1.807, 2.05) is 0 Å². The highest BCUT2D eigenvalue weighted by atomic mass is 32.2. The van der Waals surface area contributed by atoms with Gasteiger partial charge in [0.15, 0.2) is 5.96 Å². The molecule has 0 radical (unpaired) electrons. The van der Waals surface area contributed by atoms with Crippen LogP contribution in [-0.2, 0) is 10.0 Å². The number of sulfonamides is 1. The molecule has 0 saturated carbocycles. The predicted molar refractivity (Wildman–Crippen MR) is 103 cm³/mol. The number of nitrogens with one attached hydrogen (secondary N) is 2. The van der Waals surface area contributed by atoms with Crippen molar-refractivity contribution in [2.45, 2.75) is 53.1 Å². The molecule has 0 unspecified atom stereocenters. The molecule has 8 heteroatoms. The highest BCUT2D eigenvalue weighted by molar-refractivity contribution is 7.89. The van der Waals surface area contributed by atoms with Gasteiger partial charge in [0.1, 0.15) is 0 Å². The Labute approximate surface area is 148 Å². The standard InChI is InChI=1S/C16H37N5O2S/c1-8-24(22,23)20(7)12-9-10-18-16(17-6)19-11-13-21(14(2)3)15(4)5/h14-15H,8-13H2,1-7H3,(H2,17,18,19). The van der Waals surface area contributed by atoms with E-state index in [9.17, 15) is 8.42 Å². The number of hydrogen-bond donors (Lipinski definition) is 2. The zero-order valence-corrected chi connectivity index (χ0v) is 17.3. The quantitative estimate of drug-likeness (QED) is 0.325. The van der Waals surface area contributed by atoms with Gasteiger partial charge in [-0.25, -0.2) is 12.7 Å². The van der Waals surface area contributed by atoms with Crippen LogP contribution in [-0.4, -0.2) is 81.7 Å². The van der Waals surface area contributed by atoms with Gasteiger partial charge < -0.3 is 10.6 Å². The highest BCUT2D eigenvalue weighted by Gasteiger charge is 2.14. The van der Waals surface area contributed by atoms with E-state index in [0.29, 0.717) is 25.2 Å². The minimum absolute atomic E-state index is 0.141. The number of aliphatic imine (C=N–C) groups is 1. The van der Waals surface area contributed by atoms with Crippen molar-refractivity contribution in [3.05, 3.63) is 0 Å². The van der Waals surface area contributed by atoms with Crippen LogP contribution in [0.15, 0.2) is 4.99 Å². The van der Waals surface area contributed by atoms with Gasteiger partial charge in [0.2, 0.25) is 10.0 Å². The van der Waals surface area contributed by atoms with Gasteiger partial charge in [0.05, 0.1) is 5.75 Å². The summed E-state index contributed by atoms with van der Waals surface area (Å²) in [5, 5.41) is 6.53. The van der Waals surface area contributed by atoms with Crippen LogP contribution in [0.25, 0.3) is 0 Å². The molecule has 0 aliphatic heterocycles. The largest absolute Gasteiger partial charge is 0.356 e. The average molecular weight is 364 g/mol. The molecule has 24 heavy (non-hydrogen) atoms. The summed E-state index contributed by atoms with van der Waals surface area (Å²) in [5.41, 5.74) is 0. The highest BCUT2D eigenvalue weighted by Crippen LogP contribution is 2.03. The zero-order chi connectivity index (χ0) is 18.8. The van der Waals surface area contributed by atoms with E-state index in [-0.39, 0.29) is 5.75 Å². The lowest BCUT2D eigenvalue weighted by atomic mass is 10.2. The minimum atomic E-state index is -3.09. The molecule has 0 amide bonds. The van der Waals surface area contributed by atoms with Crippen molar-refractivity contribution in [1.29, 1.82) is 0 Å². The Morgan fingerprint density at radius 1 is 1.04 bits per heavy atom. The fraction of sp³-hybridized carbons (Fsp3) is 0.938. The minimum Gasteiger partial charge on any atom is -0.356 e. The van der Waals surface area contributed by atoms with Gasteiger partial charge in [0.25, 0.3) is 0 Å². The Balaban J connectivity index is 4.09. The summed E-state index contributed by atoms with van der Waals surface area (Å²) >= 11 is 0. The molecule has 0 atom stereocenters. The van der Waals surface area contributed by atoms with E-state index < -0.39 is 10.0 Å². The lowest BCUT2D eigenvalue weighted by molar-refractivity contribution is 0.178. The van der Waals surface area contributed by atoms with Gasteiger partial charge in [-0.1, -0.05) is 0 Å². The second-order valence-corrected chi connectivity index (χ2v) is 8.79. The Bertz CT molecular complexity index is 455. The third-order valence-corrected chi connectivity index (χ3v) is 5.86. The Morgan fingerprint density at radius 3 is 2.04 bits per heavy atom. The van der Waals surface area contributed by atoms with E-state index in [1.54, 1.807) is 21.0 Å². The summed E-state index contributed by atoms with van der Waals surface area (Å²) in [5.74, 6) is 0.894. The normalized spacial score (nSPS) is 13.4. The molecule has 0 fully saturated rings. The first-order valence-electron chi connectivity index (χ1n) is 8.80. The van der Waals surface area contributed by atoms with Crippen LogP contribution in [0.5, 0.6) is 0 Å². The third kappa shape index (κ3) is 8.84. The SMILES string of the molecule is CCS(=O)(=O)N(C)CCCNC(=NC)NCCN(C(C)C)C(C)C. The van der Waals surface area contributed by atoms with Crippen LogP contribution in [0, 0.1) is 0 Å². The number of guanidine groups is 1. The Morgan fingerprint density at radius 2 is 1.58 bits per heavy atom. The molecular formula is C16H37N5O2S. The lowest BCUT2D eigenvalue weighted by Crippen LogP contribution is -2.45. The Kier molecular flexibility index (Phi) is 11.2. The second-order valence-electron chi connectivity index (χ2n) is 6.43. The van der Waals surface area contributed by atoms with Crippen molar-refractivity contribution in [3.8, 4) is 0 Å². The molecule has 0 rings (SSSR count). The van der Waals surface area contributed by atoms with Gasteiger partial charge in [0, 0.05) is 52.4 Å². The smallest absolute Gasteiger partial charge is 0.213 e. The molecule has 0 spiro atoms. The van der Waals surface area contributed by atoms with Crippen LogP contribution >= 0.6 is 0 Å². The van der Waals surface area contributed by atoms with Crippen LogP contribution in [0.3, 0.4) is 0 Å². The van der Waals surface area contributed by atoms with Crippen molar-refractivity contribution >= 4 is 16.0 Å². The van der Waals surface area contributed by atoms with Gasteiger partial charge in [-0.3, -0.25) is 9.89 Å². The van der Waals surface area contributed by atoms with Crippen LogP contribution in [0.2, 0.25) is 0 Å². The van der Waals surface area contributed by atoms with E-state index in [2.05, 4.69) is 48.2 Å². The topological polar surface area (TPSA) is 77.0 Å². The van der Waals surface area contributed by atoms with Crippen molar-refractivity contribution in [2.24, 2.45) is 4.99 Å². The maximum Gasteiger partial charge on any atom is 0.213 e. The maximum atomic E-state index is 11.7. The van der Waals surface area contributed by atoms with Crippen LogP contribution < -0.4 is 10.6 Å². The molecule has 0 heterocycles. The molecule has 0 aromatic heterocycles. The van der Waals surface area contributed by atoms with E-state index >= 15 is 0 Å². The van der Waals surface area contributed by atoms with Gasteiger partial charge in [-0.05, 0) is 41.0 Å². The van der Waals surface area contributed by atoms with Crippen LogP contribution in [0.4, 0.5) is 0 Å². The van der Waals surface area contributed by atoms with Crippen molar-refractivity contribution in [1.82, 2.24) is 19.8 Å². The first kappa shape index (κ1) is 23.1. The maximum absolute atomic E-state index is 11.7. The second kappa shape index (κ2) is 11.7. The number of hydrogen-bond acceptors (Lipinski definition) is 4. The third-order valence-electron chi connectivity index (χ3n) is 3.99. The molecule has 0 aliphatic rings. The monoisotopic (exact) mass is 363 g/mol. The molecule has 0 aliphatic carbocycles. The first-order chi connectivity index (χ1) is 11.2. The van der Waals surface area contributed by atoms with E-state index in [4.69, 9.17) is 0 Å². The molecular weight excluding hydrogens is 326 g/mol. The van der Waals surface area contributed by atoms with Crippen molar-refractivity contribution < 1.29 is 8.42 Å². The lowest BCUT2D eigenvalue weighted by Gasteiger charge is -2.30.